The van der Waals surface area contributed by atoms with Gasteiger partial charge in [0.1, 0.15) is 16.4 Å². The van der Waals surface area contributed by atoms with E-state index in [1.807, 2.05) is 0 Å². The Balaban J connectivity index is 2.17. The number of carboxylic acids is 1. The summed E-state index contributed by atoms with van der Waals surface area (Å²) < 4.78 is 0. The summed E-state index contributed by atoms with van der Waals surface area (Å²) >= 11 is 11.4. The second-order valence-corrected chi connectivity index (χ2v) is 5.37. The van der Waals surface area contributed by atoms with Crippen LogP contribution in [0.1, 0.15) is 30.3 Å². The number of aliphatic carboxylic acids is 1. The fraction of sp³-hybridized carbons (Fsp3) is 0.455. The summed E-state index contributed by atoms with van der Waals surface area (Å²) in [6, 6.07) is 1.37. The van der Waals surface area contributed by atoms with Crippen LogP contribution >= 0.6 is 23.2 Å². The molecule has 1 heterocycles. The molecule has 7 heteroatoms. The van der Waals surface area contributed by atoms with Crippen LogP contribution in [0.4, 0.5) is 0 Å². The van der Waals surface area contributed by atoms with Crippen molar-refractivity contribution in [3.8, 4) is 0 Å². The molecule has 0 saturated heterocycles. The molecule has 1 fully saturated rings. The van der Waals surface area contributed by atoms with E-state index in [0.29, 0.717) is 0 Å². The van der Waals surface area contributed by atoms with Gasteiger partial charge in [0.15, 0.2) is 0 Å². The van der Waals surface area contributed by atoms with Gasteiger partial charge in [0, 0.05) is 0 Å². The maximum absolute atomic E-state index is 11.9. The highest BCUT2D eigenvalue weighted by molar-refractivity contribution is 6.41. The maximum atomic E-state index is 11.9. The Labute approximate surface area is 113 Å². The number of aromatic amines is 1. The quantitative estimate of drug-likeness (QED) is 0.796. The average molecular weight is 291 g/mol. The number of carboxylic acid groups (broad SMARTS) is 1. The summed E-state index contributed by atoms with van der Waals surface area (Å²) in [5.74, 6) is -1.59. The van der Waals surface area contributed by atoms with Crippen molar-refractivity contribution in [1.82, 2.24) is 10.3 Å². The van der Waals surface area contributed by atoms with Crippen LogP contribution in [0.25, 0.3) is 0 Å². The van der Waals surface area contributed by atoms with Crippen LogP contribution in [0.3, 0.4) is 0 Å². The normalized spacial score (nSPS) is 18.2. The molecule has 1 amide bonds. The molecule has 2 rings (SSSR count). The Kier molecular flexibility index (Phi) is 3.29. The molecule has 98 valence electrons. The number of carbonyl (C=O) groups is 2. The lowest BCUT2D eigenvalue weighted by molar-refractivity contribution is -0.144. The molecule has 0 bridgehead atoms. The van der Waals surface area contributed by atoms with Crippen molar-refractivity contribution in [3.63, 3.8) is 0 Å². The second-order valence-electron chi connectivity index (χ2n) is 4.58. The highest BCUT2D eigenvalue weighted by Crippen LogP contribution is 2.40. The summed E-state index contributed by atoms with van der Waals surface area (Å²) in [7, 11) is 0. The van der Waals surface area contributed by atoms with Crippen LogP contribution in [0.5, 0.6) is 0 Å². The van der Waals surface area contributed by atoms with Gasteiger partial charge in [-0.15, -0.1) is 0 Å². The van der Waals surface area contributed by atoms with E-state index in [-0.39, 0.29) is 21.8 Å². The number of nitrogens with one attached hydrogen (secondary N) is 2. The smallest absolute Gasteiger partial charge is 0.329 e. The van der Waals surface area contributed by atoms with Gasteiger partial charge in [-0.1, -0.05) is 23.2 Å². The number of amides is 1. The van der Waals surface area contributed by atoms with E-state index in [2.05, 4.69) is 10.3 Å². The summed E-state index contributed by atoms with van der Waals surface area (Å²) in [5, 5.41) is 12.1. The number of rotatable bonds is 4. The highest BCUT2D eigenvalue weighted by Gasteiger charge is 2.48. The van der Waals surface area contributed by atoms with Crippen LogP contribution in [0.15, 0.2) is 6.07 Å². The highest BCUT2D eigenvalue weighted by atomic mass is 35.5. The van der Waals surface area contributed by atoms with Crippen molar-refractivity contribution in [1.29, 1.82) is 0 Å². The van der Waals surface area contributed by atoms with Gasteiger partial charge in [-0.2, -0.15) is 0 Å². The van der Waals surface area contributed by atoms with E-state index in [9.17, 15) is 14.7 Å². The third kappa shape index (κ3) is 2.33. The molecular formula is C11H12Cl2N2O3. The maximum Gasteiger partial charge on any atom is 0.329 e. The molecule has 18 heavy (non-hydrogen) atoms. The van der Waals surface area contributed by atoms with Crippen molar-refractivity contribution in [3.05, 3.63) is 21.9 Å². The Morgan fingerprint density at radius 1 is 1.50 bits per heavy atom. The lowest BCUT2D eigenvalue weighted by Gasteiger charge is -2.25. The molecule has 1 aliphatic carbocycles. The van der Waals surface area contributed by atoms with Crippen LogP contribution in [0, 0.1) is 5.92 Å². The topological polar surface area (TPSA) is 82.2 Å². The molecule has 1 aromatic heterocycles. The van der Waals surface area contributed by atoms with Gasteiger partial charge in [-0.25, -0.2) is 4.79 Å². The predicted molar refractivity (Wildman–Crippen MR) is 67.0 cm³/mol. The first-order valence-corrected chi connectivity index (χ1v) is 6.20. The Bertz CT molecular complexity index is 491. The second kappa shape index (κ2) is 4.48. The molecule has 0 spiro atoms. The van der Waals surface area contributed by atoms with Gasteiger partial charge in [0.05, 0.1) is 5.02 Å². The first-order chi connectivity index (χ1) is 8.34. The molecule has 1 atom stereocenters. The first-order valence-electron chi connectivity index (χ1n) is 5.44. The molecule has 3 N–H and O–H groups in total. The van der Waals surface area contributed by atoms with Gasteiger partial charge in [0.25, 0.3) is 5.91 Å². The number of halogens is 2. The molecule has 1 aliphatic rings. The minimum atomic E-state index is -1.25. The molecule has 0 aliphatic heterocycles. The van der Waals surface area contributed by atoms with E-state index in [1.165, 1.54) is 13.0 Å². The Morgan fingerprint density at radius 3 is 2.50 bits per heavy atom. The monoisotopic (exact) mass is 290 g/mol. The van der Waals surface area contributed by atoms with Gasteiger partial charge in [0.2, 0.25) is 0 Å². The number of hydrogen-bond acceptors (Lipinski definition) is 2. The molecular weight excluding hydrogens is 279 g/mol. The SMILES string of the molecule is CC(NC(=O)c1cc(Cl)c(Cl)[nH]1)(C(=O)O)C1CC1. The molecule has 1 aromatic rings. The fourth-order valence-corrected chi connectivity index (χ4v) is 2.13. The zero-order chi connectivity index (χ0) is 13.5. The van der Waals surface area contributed by atoms with Gasteiger partial charge < -0.3 is 15.4 Å². The van der Waals surface area contributed by atoms with E-state index in [0.717, 1.165) is 12.8 Å². The van der Waals surface area contributed by atoms with Crippen molar-refractivity contribution >= 4 is 35.1 Å². The average Bonchev–Trinajstić information content (AvgIpc) is 3.07. The van der Waals surface area contributed by atoms with Crippen LogP contribution in [-0.2, 0) is 4.79 Å². The van der Waals surface area contributed by atoms with E-state index in [1.54, 1.807) is 0 Å². The Hall–Kier alpha value is -1.20. The molecule has 0 radical (unpaired) electrons. The molecule has 0 aromatic carbocycles. The predicted octanol–water partition coefficient (Wildman–Crippen LogP) is 2.30. The van der Waals surface area contributed by atoms with Crippen LogP contribution in [0.2, 0.25) is 10.2 Å². The zero-order valence-corrected chi connectivity index (χ0v) is 11.1. The zero-order valence-electron chi connectivity index (χ0n) is 9.59. The molecule has 5 nitrogen and oxygen atoms in total. The molecule has 1 unspecified atom stereocenters. The van der Waals surface area contributed by atoms with Crippen LogP contribution < -0.4 is 5.32 Å². The van der Waals surface area contributed by atoms with E-state index in [4.69, 9.17) is 23.2 Å². The largest absolute Gasteiger partial charge is 0.480 e. The third-order valence-electron chi connectivity index (χ3n) is 3.18. The number of carbonyl (C=O) groups excluding carboxylic acids is 1. The minimum Gasteiger partial charge on any atom is -0.480 e. The summed E-state index contributed by atoms with van der Waals surface area (Å²) in [5.41, 5.74) is -1.10. The Morgan fingerprint density at radius 2 is 2.11 bits per heavy atom. The summed E-state index contributed by atoms with van der Waals surface area (Å²) in [6.07, 6.45) is 1.60. The number of H-pyrrole nitrogens is 1. The van der Waals surface area contributed by atoms with E-state index < -0.39 is 17.4 Å². The van der Waals surface area contributed by atoms with Crippen LogP contribution in [-0.4, -0.2) is 27.5 Å². The molecule has 1 saturated carbocycles. The minimum absolute atomic E-state index is 0.0279. The van der Waals surface area contributed by atoms with Gasteiger partial charge in [-0.05, 0) is 31.7 Å². The number of hydrogen-bond donors (Lipinski definition) is 3. The fourth-order valence-electron chi connectivity index (χ4n) is 1.82. The number of aromatic nitrogens is 1. The summed E-state index contributed by atoms with van der Waals surface area (Å²) in [6.45, 7) is 1.51. The summed E-state index contributed by atoms with van der Waals surface area (Å²) in [4.78, 5) is 25.8. The lowest BCUT2D eigenvalue weighted by Crippen LogP contribution is -2.54. The third-order valence-corrected chi connectivity index (χ3v) is 3.87. The van der Waals surface area contributed by atoms with Gasteiger partial charge >= 0.3 is 5.97 Å². The van der Waals surface area contributed by atoms with Gasteiger partial charge in [-0.3, -0.25) is 4.79 Å². The van der Waals surface area contributed by atoms with Crippen molar-refractivity contribution in [2.24, 2.45) is 5.92 Å². The van der Waals surface area contributed by atoms with Crippen molar-refractivity contribution < 1.29 is 14.7 Å². The van der Waals surface area contributed by atoms with E-state index >= 15 is 0 Å². The first kappa shape index (κ1) is 13.2. The van der Waals surface area contributed by atoms with Crippen molar-refractivity contribution in [2.45, 2.75) is 25.3 Å². The van der Waals surface area contributed by atoms with Crippen molar-refractivity contribution in [2.75, 3.05) is 0 Å². The standard InChI is InChI=1S/C11H12Cl2N2O3/c1-11(10(17)18,5-2-3-5)15-9(16)7-4-6(12)8(13)14-7/h4-5,14H,2-3H2,1H3,(H,15,16)(H,17,18). The lowest BCUT2D eigenvalue weighted by atomic mass is 9.96.